The second kappa shape index (κ2) is 4.13. The Hall–Kier alpha value is -1.96. The van der Waals surface area contributed by atoms with Gasteiger partial charge >= 0.3 is 6.18 Å². The minimum absolute atomic E-state index is 0.123. The molecule has 2 heterocycles. The van der Waals surface area contributed by atoms with Gasteiger partial charge in [-0.05, 0) is 12.1 Å². The maximum absolute atomic E-state index is 12.6. The summed E-state index contributed by atoms with van der Waals surface area (Å²) < 4.78 is 38.5. The van der Waals surface area contributed by atoms with Gasteiger partial charge in [0.05, 0.1) is 11.9 Å². The lowest BCUT2D eigenvalue weighted by atomic mass is 10.4. The molecule has 0 aliphatic carbocycles. The van der Waals surface area contributed by atoms with Gasteiger partial charge in [0.1, 0.15) is 0 Å². The van der Waals surface area contributed by atoms with Crippen LogP contribution in [-0.2, 0) is 12.7 Å². The second-order valence-electron chi connectivity index (χ2n) is 3.18. The van der Waals surface area contributed by atoms with Crippen LogP contribution in [0.25, 0.3) is 5.95 Å². The van der Waals surface area contributed by atoms with Crippen LogP contribution in [0, 0.1) is 0 Å². The number of alkyl halides is 3. The topological polar surface area (TPSA) is 69.6 Å². The van der Waals surface area contributed by atoms with Crippen LogP contribution in [-0.4, -0.2) is 19.7 Å². The molecule has 0 aromatic carbocycles. The highest BCUT2D eigenvalue weighted by Crippen LogP contribution is 2.29. The van der Waals surface area contributed by atoms with Gasteiger partial charge in [-0.15, -0.1) is 0 Å². The molecule has 0 bridgehead atoms. The molecule has 8 heteroatoms. The Bertz CT molecular complexity index is 519. The first-order valence-corrected chi connectivity index (χ1v) is 4.66. The molecule has 0 fully saturated rings. The Kier molecular flexibility index (Phi) is 2.80. The van der Waals surface area contributed by atoms with Crippen molar-refractivity contribution in [3.8, 4) is 5.95 Å². The predicted octanol–water partition coefficient (Wildman–Crippen LogP) is 1.14. The molecule has 2 rings (SSSR count). The number of hydrogen-bond donors (Lipinski definition) is 1. The summed E-state index contributed by atoms with van der Waals surface area (Å²) in [6, 6.07) is 2.39. The Balaban J connectivity index is 2.50. The van der Waals surface area contributed by atoms with E-state index in [0.29, 0.717) is 10.4 Å². The standard InChI is InChI=1S/C9H8F3N5/c10-9(11,12)7-2-4-15-17(7)8-14-3-1-6(5-13)16-8/h1-4H,5,13H2. The number of aromatic nitrogens is 4. The van der Waals surface area contributed by atoms with Gasteiger partial charge in [-0.1, -0.05) is 0 Å². The molecular formula is C9H8F3N5. The zero-order valence-corrected chi connectivity index (χ0v) is 8.52. The van der Waals surface area contributed by atoms with Crippen molar-refractivity contribution in [1.82, 2.24) is 19.7 Å². The number of halogens is 3. The minimum Gasteiger partial charge on any atom is -0.325 e. The van der Waals surface area contributed by atoms with Crippen LogP contribution in [0.1, 0.15) is 11.4 Å². The molecule has 0 unspecified atom stereocenters. The van der Waals surface area contributed by atoms with Gasteiger partial charge in [0.2, 0.25) is 0 Å². The van der Waals surface area contributed by atoms with Crippen LogP contribution in [0.4, 0.5) is 13.2 Å². The van der Waals surface area contributed by atoms with Crippen LogP contribution in [0.2, 0.25) is 0 Å². The summed E-state index contributed by atoms with van der Waals surface area (Å²) in [5, 5.41) is 3.56. The van der Waals surface area contributed by atoms with E-state index >= 15 is 0 Å². The summed E-state index contributed by atoms with van der Waals surface area (Å²) >= 11 is 0. The Morgan fingerprint density at radius 2 is 2.00 bits per heavy atom. The van der Waals surface area contributed by atoms with Gasteiger partial charge < -0.3 is 5.73 Å². The number of rotatable bonds is 2. The van der Waals surface area contributed by atoms with Gasteiger partial charge in [0, 0.05) is 12.7 Å². The van der Waals surface area contributed by atoms with Crippen LogP contribution >= 0.6 is 0 Å². The lowest BCUT2D eigenvalue weighted by Gasteiger charge is -2.09. The van der Waals surface area contributed by atoms with Gasteiger partial charge in [-0.25, -0.2) is 9.97 Å². The van der Waals surface area contributed by atoms with Crippen molar-refractivity contribution >= 4 is 0 Å². The third-order valence-corrected chi connectivity index (χ3v) is 2.03. The first-order valence-electron chi connectivity index (χ1n) is 4.66. The largest absolute Gasteiger partial charge is 0.433 e. The van der Waals surface area contributed by atoms with E-state index in [0.717, 1.165) is 12.3 Å². The molecule has 0 amide bonds. The van der Waals surface area contributed by atoms with Gasteiger partial charge in [-0.3, -0.25) is 0 Å². The summed E-state index contributed by atoms with van der Waals surface area (Å²) in [4.78, 5) is 7.61. The lowest BCUT2D eigenvalue weighted by Crippen LogP contribution is -2.16. The monoisotopic (exact) mass is 243 g/mol. The van der Waals surface area contributed by atoms with Crippen molar-refractivity contribution in [3.05, 3.63) is 35.9 Å². The maximum atomic E-state index is 12.6. The highest BCUT2D eigenvalue weighted by molar-refractivity contribution is 5.19. The number of nitrogens with zero attached hydrogens (tertiary/aromatic N) is 4. The molecule has 0 saturated carbocycles. The summed E-state index contributed by atoms with van der Waals surface area (Å²) in [6.07, 6.45) is -2.12. The summed E-state index contributed by atoms with van der Waals surface area (Å²) in [6.45, 7) is 0.123. The third-order valence-electron chi connectivity index (χ3n) is 2.03. The molecule has 0 aliphatic rings. The minimum atomic E-state index is -4.50. The van der Waals surface area contributed by atoms with E-state index in [4.69, 9.17) is 5.73 Å². The third kappa shape index (κ3) is 2.26. The van der Waals surface area contributed by atoms with Crippen LogP contribution in [0.5, 0.6) is 0 Å². The molecule has 90 valence electrons. The molecule has 2 aromatic rings. The Morgan fingerprint density at radius 1 is 1.24 bits per heavy atom. The normalized spacial score (nSPS) is 11.8. The molecule has 2 aromatic heterocycles. The van der Waals surface area contributed by atoms with E-state index in [-0.39, 0.29) is 12.5 Å². The fourth-order valence-corrected chi connectivity index (χ4v) is 1.28. The Morgan fingerprint density at radius 3 is 2.65 bits per heavy atom. The molecular weight excluding hydrogens is 235 g/mol. The predicted molar refractivity (Wildman–Crippen MR) is 52.0 cm³/mol. The zero-order chi connectivity index (χ0) is 12.5. The number of hydrogen-bond acceptors (Lipinski definition) is 4. The van der Waals surface area contributed by atoms with Crippen molar-refractivity contribution < 1.29 is 13.2 Å². The lowest BCUT2D eigenvalue weighted by molar-refractivity contribution is -0.142. The zero-order valence-electron chi connectivity index (χ0n) is 8.52. The summed E-state index contributed by atoms with van der Waals surface area (Å²) in [5.41, 5.74) is 4.87. The van der Waals surface area contributed by atoms with Crippen molar-refractivity contribution in [2.24, 2.45) is 5.73 Å². The molecule has 0 aliphatic heterocycles. The van der Waals surface area contributed by atoms with Crippen molar-refractivity contribution in [3.63, 3.8) is 0 Å². The van der Waals surface area contributed by atoms with E-state index in [1.165, 1.54) is 12.3 Å². The quantitative estimate of drug-likeness (QED) is 0.858. The first kappa shape index (κ1) is 11.5. The molecule has 17 heavy (non-hydrogen) atoms. The maximum Gasteiger partial charge on any atom is 0.433 e. The van der Waals surface area contributed by atoms with Crippen molar-refractivity contribution in [2.75, 3.05) is 0 Å². The van der Waals surface area contributed by atoms with Gasteiger partial charge in [0.25, 0.3) is 5.95 Å². The smallest absolute Gasteiger partial charge is 0.325 e. The van der Waals surface area contributed by atoms with E-state index in [2.05, 4.69) is 15.1 Å². The molecule has 0 atom stereocenters. The average Bonchev–Trinajstić information content (AvgIpc) is 2.77. The molecule has 5 nitrogen and oxygen atoms in total. The summed E-state index contributed by atoms with van der Waals surface area (Å²) in [5.74, 6) is -0.148. The van der Waals surface area contributed by atoms with E-state index in [1.54, 1.807) is 0 Å². The fraction of sp³-hybridized carbons (Fsp3) is 0.222. The molecule has 0 saturated heterocycles. The first-order chi connectivity index (χ1) is 8.02. The Labute approximate surface area is 94.1 Å². The van der Waals surface area contributed by atoms with Crippen LogP contribution in [0.15, 0.2) is 24.5 Å². The van der Waals surface area contributed by atoms with Crippen molar-refractivity contribution in [2.45, 2.75) is 12.7 Å². The van der Waals surface area contributed by atoms with Gasteiger partial charge in [0.15, 0.2) is 5.69 Å². The van der Waals surface area contributed by atoms with E-state index in [9.17, 15) is 13.2 Å². The van der Waals surface area contributed by atoms with Crippen LogP contribution < -0.4 is 5.73 Å². The van der Waals surface area contributed by atoms with Crippen molar-refractivity contribution in [1.29, 1.82) is 0 Å². The second-order valence-corrected chi connectivity index (χ2v) is 3.18. The van der Waals surface area contributed by atoms with Gasteiger partial charge in [-0.2, -0.15) is 23.0 Å². The van der Waals surface area contributed by atoms with E-state index < -0.39 is 11.9 Å². The highest BCUT2D eigenvalue weighted by atomic mass is 19.4. The SMILES string of the molecule is NCc1ccnc(-n2nccc2C(F)(F)F)n1. The fourth-order valence-electron chi connectivity index (χ4n) is 1.28. The number of nitrogens with two attached hydrogens (primary N) is 1. The highest BCUT2D eigenvalue weighted by Gasteiger charge is 2.35. The van der Waals surface area contributed by atoms with Crippen LogP contribution in [0.3, 0.4) is 0 Å². The van der Waals surface area contributed by atoms with E-state index in [1.807, 2.05) is 0 Å². The molecule has 0 spiro atoms. The molecule has 0 radical (unpaired) electrons. The molecule has 2 N–H and O–H groups in total. The summed E-state index contributed by atoms with van der Waals surface area (Å²) in [7, 11) is 0. The average molecular weight is 243 g/mol.